The second-order valence-corrected chi connectivity index (χ2v) is 4.14. The Bertz CT molecular complexity index is 386. The van der Waals surface area contributed by atoms with Crippen LogP contribution in [0, 0.1) is 6.92 Å². The molecule has 0 spiro atoms. The predicted molar refractivity (Wildman–Crippen MR) is 65.8 cm³/mol. The van der Waals surface area contributed by atoms with Gasteiger partial charge in [-0.25, -0.2) is 0 Å². The lowest BCUT2D eigenvalue weighted by molar-refractivity contribution is 0.0758. The lowest BCUT2D eigenvalue weighted by atomic mass is 9.99. The quantitative estimate of drug-likeness (QED) is 0.868. The standard InChI is InChI=1S/C13H19NO3/c1-9-6-10(15-2)7-12(16-3)13(9)11-8-17-5-4-14-11/h6-7,11,14H,4-5,8H2,1-3H3. The van der Waals surface area contributed by atoms with Crippen LogP contribution < -0.4 is 14.8 Å². The molecule has 0 aliphatic carbocycles. The van der Waals surface area contributed by atoms with E-state index in [9.17, 15) is 0 Å². The Morgan fingerprint density at radius 2 is 2.12 bits per heavy atom. The monoisotopic (exact) mass is 237 g/mol. The van der Waals surface area contributed by atoms with Gasteiger partial charge in [0.05, 0.1) is 33.5 Å². The van der Waals surface area contributed by atoms with Crippen LogP contribution in [-0.2, 0) is 4.74 Å². The number of nitrogens with one attached hydrogen (secondary N) is 1. The van der Waals surface area contributed by atoms with E-state index in [-0.39, 0.29) is 6.04 Å². The van der Waals surface area contributed by atoms with Crippen LogP contribution in [0.3, 0.4) is 0 Å². The predicted octanol–water partition coefficient (Wildman–Crippen LogP) is 1.67. The molecular formula is C13H19NO3. The van der Waals surface area contributed by atoms with Crippen LogP contribution in [0.15, 0.2) is 12.1 Å². The van der Waals surface area contributed by atoms with Crippen LogP contribution in [-0.4, -0.2) is 34.0 Å². The Morgan fingerprint density at radius 1 is 1.29 bits per heavy atom. The minimum Gasteiger partial charge on any atom is -0.497 e. The molecule has 0 saturated carbocycles. The van der Waals surface area contributed by atoms with Gasteiger partial charge in [-0.3, -0.25) is 0 Å². The van der Waals surface area contributed by atoms with Crippen molar-refractivity contribution in [2.75, 3.05) is 34.0 Å². The van der Waals surface area contributed by atoms with Gasteiger partial charge in [0, 0.05) is 18.2 Å². The summed E-state index contributed by atoms with van der Waals surface area (Å²) in [6.45, 7) is 4.40. The van der Waals surface area contributed by atoms with Crippen LogP contribution in [0.5, 0.6) is 11.5 Å². The molecule has 1 N–H and O–H groups in total. The number of ether oxygens (including phenoxy) is 3. The van der Waals surface area contributed by atoms with Gasteiger partial charge in [0.15, 0.2) is 0 Å². The molecule has 0 amide bonds. The average molecular weight is 237 g/mol. The lowest BCUT2D eigenvalue weighted by Gasteiger charge is -2.27. The van der Waals surface area contributed by atoms with Gasteiger partial charge in [0.1, 0.15) is 11.5 Å². The summed E-state index contributed by atoms with van der Waals surface area (Å²) in [4.78, 5) is 0. The van der Waals surface area contributed by atoms with Gasteiger partial charge in [-0.15, -0.1) is 0 Å². The molecule has 1 saturated heterocycles. The highest BCUT2D eigenvalue weighted by Crippen LogP contribution is 2.33. The summed E-state index contributed by atoms with van der Waals surface area (Å²) >= 11 is 0. The van der Waals surface area contributed by atoms with E-state index in [1.165, 1.54) is 0 Å². The summed E-state index contributed by atoms with van der Waals surface area (Å²) in [5, 5.41) is 3.44. The van der Waals surface area contributed by atoms with Gasteiger partial charge in [-0.1, -0.05) is 0 Å². The summed E-state index contributed by atoms with van der Waals surface area (Å²) in [5.74, 6) is 1.67. The first-order valence-corrected chi connectivity index (χ1v) is 5.80. The molecule has 4 nitrogen and oxygen atoms in total. The van der Waals surface area contributed by atoms with E-state index in [1.807, 2.05) is 12.1 Å². The van der Waals surface area contributed by atoms with Crippen molar-refractivity contribution < 1.29 is 14.2 Å². The molecule has 0 aromatic heterocycles. The topological polar surface area (TPSA) is 39.7 Å². The van der Waals surface area contributed by atoms with Gasteiger partial charge < -0.3 is 19.5 Å². The Kier molecular flexibility index (Phi) is 3.86. The van der Waals surface area contributed by atoms with Crippen molar-refractivity contribution >= 4 is 0 Å². The molecule has 1 unspecified atom stereocenters. The fraction of sp³-hybridized carbons (Fsp3) is 0.538. The van der Waals surface area contributed by atoms with E-state index in [1.54, 1.807) is 14.2 Å². The minimum atomic E-state index is 0.199. The molecule has 1 atom stereocenters. The van der Waals surface area contributed by atoms with Crippen LogP contribution >= 0.6 is 0 Å². The third kappa shape index (κ3) is 2.53. The lowest BCUT2D eigenvalue weighted by Crippen LogP contribution is -2.35. The van der Waals surface area contributed by atoms with Crippen molar-refractivity contribution in [2.24, 2.45) is 0 Å². The highest BCUT2D eigenvalue weighted by atomic mass is 16.5. The summed E-state index contributed by atoms with van der Waals surface area (Å²) in [6.07, 6.45) is 0. The highest BCUT2D eigenvalue weighted by molar-refractivity contribution is 5.48. The van der Waals surface area contributed by atoms with Crippen molar-refractivity contribution in [1.82, 2.24) is 5.32 Å². The van der Waals surface area contributed by atoms with E-state index in [2.05, 4.69) is 12.2 Å². The van der Waals surface area contributed by atoms with Crippen LogP contribution in [0.1, 0.15) is 17.2 Å². The molecule has 1 aromatic carbocycles. The first-order chi connectivity index (χ1) is 8.26. The molecule has 1 heterocycles. The Morgan fingerprint density at radius 3 is 2.71 bits per heavy atom. The normalized spacial score (nSPS) is 20.1. The Labute approximate surface area is 102 Å². The number of hydrogen-bond donors (Lipinski definition) is 1. The van der Waals surface area contributed by atoms with Crippen molar-refractivity contribution in [2.45, 2.75) is 13.0 Å². The molecule has 0 bridgehead atoms. The second kappa shape index (κ2) is 5.38. The molecule has 0 radical (unpaired) electrons. The van der Waals surface area contributed by atoms with Crippen LogP contribution in [0.2, 0.25) is 0 Å². The molecule has 1 aliphatic rings. The summed E-state index contributed by atoms with van der Waals surface area (Å²) < 4.78 is 16.2. The third-order valence-electron chi connectivity index (χ3n) is 3.05. The average Bonchev–Trinajstić information content (AvgIpc) is 2.38. The van der Waals surface area contributed by atoms with Gasteiger partial charge in [0.2, 0.25) is 0 Å². The zero-order chi connectivity index (χ0) is 12.3. The number of methoxy groups -OCH3 is 2. The third-order valence-corrected chi connectivity index (χ3v) is 3.05. The van der Waals surface area contributed by atoms with Crippen LogP contribution in [0.25, 0.3) is 0 Å². The van der Waals surface area contributed by atoms with E-state index < -0.39 is 0 Å². The van der Waals surface area contributed by atoms with Gasteiger partial charge in [-0.2, -0.15) is 0 Å². The van der Waals surface area contributed by atoms with E-state index in [4.69, 9.17) is 14.2 Å². The molecule has 1 aromatic rings. The number of morpholine rings is 1. The smallest absolute Gasteiger partial charge is 0.127 e. The van der Waals surface area contributed by atoms with Crippen molar-refractivity contribution in [3.8, 4) is 11.5 Å². The molecule has 1 aliphatic heterocycles. The molecular weight excluding hydrogens is 218 g/mol. The molecule has 94 valence electrons. The first kappa shape index (κ1) is 12.2. The number of aryl methyl sites for hydroxylation is 1. The maximum absolute atomic E-state index is 5.50. The zero-order valence-corrected chi connectivity index (χ0v) is 10.6. The first-order valence-electron chi connectivity index (χ1n) is 5.80. The zero-order valence-electron chi connectivity index (χ0n) is 10.6. The minimum absolute atomic E-state index is 0.199. The highest BCUT2D eigenvalue weighted by Gasteiger charge is 2.21. The largest absolute Gasteiger partial charge is 0.497 e. The Balaban J connectivity index is 2.36. The number of hydrogen-bond acceptors (Lipinski definition) is 4. The van der Waals surface area contributed by atoms with Crippen LogP contribution in [0.4, 0.5) is 0 Å². The molecule has 4 heteroatoms. The van der Waals surface area contributed by atoms with E-state index in [0.29, 0.717) is 6.61 Å². The summed E-state index contributed by atoms with van der Waals surface area (Å²) in [5.41, 5.74) is 2.32. The maximum atomic E-state index is 5.50. The maximum Gasteiger partial charge on any atom is 0.127 e. The number of rotatable bonds is 3. The summed E-state index contributed by atoms with van der Waals surface area (Å²) in [7, 11) is 3.34. The van der Waals surface area contributed by atoms with E-state index >= 15 is 0 Å². The van der Waals surface area contributed by atoms with Crippen molar-refractivity contribution in [1.29, 1.82) is 0 Å². The number of benzene rings is 1. The second-order valence-electron chi connectivity index (χ2n) is 4.14. The molecule has 2 rings (SSSR count). The summed E-state index contributed by atoms with van der Waals surface area (Å²) in [6, 6.07) is 4.14. The molecule has 1 fully saturated rings. The van der Waals surface area contributed by atoms with Gasteiger partial charge in [-0.05, 0) is 18.6 Å². The van der Waals surface area contributed by atoms with Gasteiger partial charge in [0.25, 0.3) is 0 Å². The molecule has 17 heavy (non-hydrogen) atoms. The SMILES string of the molecule is COc1cc(C)c(C2COCCN2)c(OC)c1. The van der Waals surface area contributed by atoms with Crippen molar-refractivity contribution in [3.05, 3.63) is 23.3 Å². The fourth-order valence-corrected chi connectivity index (χ4v) is 2.22. The van der Waals surface area contributed by atoms with Gasteiger partial charge >= 0.3 is 0 Å². The van der Waals surface area contributed by atoms with E-state index in [0.717, 1.165) is 35.8 Å². The van der Waals surface area contributed by atoms with Crippen molar-refractivity contribution in [3.63, 3.8) is 0 Å². The Hall–Kier alpha value is -1.26. The fourth-order valence-electron chi connectivity index (χ4n) is 2.22.